The Morgan fingerprint density at radius 2 is 1.76 bits per heavy atom. The molecule has 0 aliphatic carbocycles. The van der Waals surface area contributed by atoms with Gasteiger partial charge in [-0.1, -0.05) is 18.2 Å². The van der Waals surface area contributed by atoms with E-state index in [9.17, 15) is 14.4 Å². The topological polar surface area (TPSA) is 76.2 Å². The minimum atomic E-state index is -0.720. The largest absolute Gasteiger partial charge is 0.352 e. The van der Waals surface area contributed by atoms with Gasteiger partial charge in [0.15, 0.2) is 0 Å². The van der Waals surface area contributed by atoms with Crippen LogP contribution in [0.25, 0.3) is 0 Å². The third-order valence-corrected chi connectivity index (χ3v) is 5.61. The van der Waals surface area contributed by atoms with Gasteiger partial charge >= 0.3 is 6.03 Å². The molecule has 2 saturated heterocycles. The molecule has 0 saturated carbocycles. The number of piperidine rings is 1. The fourth-order valence-corrected chi connectivity index (χ4v) is 4.21. The van der Waals surface area contributed by atoms with Gasteiger partial charge in [-0.2, -0.15) is 0 Å². The first-order valence-electron chi connectivity index (χ1n) is 10.1. The fraction of sp³-hybridized carbons (Fsp3) is 0.571. The van der Waals surface area contributed by atoms with Crippen molar-refractivity contribution in [1.82, 2.24) is 20.0 Å². The van der Waals surface area contributed by atoms with Crippen LogP contribution in [0, 0.1) is 0 Å². The molecule has 0 aromatic heterocycles. The van der Waals surface area contributed by atoms with E-state index in [0.717, 1.165) is 5.69 Å². The van der Waals surface area contributed by atoms with Crippen LogP contribution >= 0.6 is 0 Å². The quantitative estimate of drug-likeness (QED) is 0.826. The summed E-state index contributed by atoms with van der Waals surface area (Å²) in [5, 5.41) is 2.86. The molecular weight excluding hydrogens is 370 g/mol. The predicted molar refractivity (Wildman–Crippen MR) is 111 cm³/mol. The van der Waals surface area contributed by atoms with Crippen LogP contribution in [-0.4, -0.2) is 84.5 Å². The summed E-state index contributed by atoms with van der Waals surface area (Å²) in [6.07, 6.45) is 1.09. The van der Waals surface area contributed by atoms with Gasteiger partial charge in [-0.3, -0.25) is 9.59 Å². The van der Waals surface area contributed by atoms with Crippen LogP contribution < -0.4 is 10.2 Å². The van der Waals surface area contributed by atoms with Crippen molar-refractivity contribution in [3.8, 4) is 0 Å². The second-order valence-electron chi connectivity index (χ2n) is 8.33. The molecule has 3 rings (SSSR count). The van der Waals surface area contributed by atoms with Crippen molar-refractivity contribution >= 4 is 23.5 Å². The molecule has 1 N–H and O–H groups in total. The highest BCUT2D eigenvalue weighted by molar-refractivity contribution is 5.96. The number of anilines is 1. The van der Waals surface area contributed by atoms with Gasteiger partial charge in [0.05, 0.1) is 6.67 Å². The number of nitrogens with one attached hydrogen (secondary N) is 1. The number of likely N-dealkylation sites (tertiary alicyclic amines) is 1. The maximum absolute atomic E-state index is 13.5. The Morgan fingerprint density at radius 3 is 2.31 bits per heavy atom. The van der Waals surface area contributed by atoms with E-state index in [4.69, 9.17) is 0 Å². The van der Waals surface area contributed by atoms with Crippen LogP contribution in [0.2, 0.25) is 0 Å². The minimum absolute atomic E-state index is 0.0275. The second-order valence-corrected chi connectivity index (χ2v) is 8.33. The van der Waals surface area contributed by atoms with E-state index < -0.39 is 5.54 Å². The summed E-state index contributed by atoms with van der Waals surface area (Å²) >= 11 is 0. The van der Waals surface area contributed by atoms with E-state index in [1.807, 2.05) is 44.2 Å². The summed E-state index contributed by atoms with van der Waals surface area (Å²) in [6, 6.07) is 9.82. The Bertz CT molecular complexity index is 757. The van der Waals surface area contributed by atoms with Crippen LogP contribution in [0.15, 0.2) is 30.3 Å². The Balaban J connectivity index is 1.83. The molecule has 29 heavy (non-hydrogen) atoms. The normalized spacial score (nSPS) is 18.5. The molecule has 158 valence electrons. The average Bonchev–Trinajstić information content (AvgIpc) is 2.94. The van der Waals surface area contributed by atoms with E-state index in [-0.39, 0.29) is 30.4 Å². The SMILES string of the molecule is CC(C)NC(=O)CN1CN(c2ccccc2)C2(CCN(C(=O)N(C)C)CC2)C1=O. The Hall–Kier alpha value is -2.77. The van der Waals surface area contributed by atoms with Crippen molar-refractivity contribution in [3.05, 3.63) is 30.3 Å². The van der Waals surface area contributed by atoms with Gasteiger partial charge in [-0.05, 0) is 38.8 Å². The lowest BCUT2D eigenvalue weighted by Crippen LogP contribution is -2.58. The third kappa shape index (κ3) is 4.16. The molecule has 2 aliphatic rings. The zero-order valence-electron chi connectivity index (χ0n) is 17.7. The highest BCUT2D eigenvalue weighted by Gasteiger charge is 2.54. The lowest BCUT2D eigenvalue weighted by atomic mass is 9.85. The molecule has 1 spiro atoms. The number of carbonyl (C=O) groups excluding carboxylic acids is 3. The Labute approximate surface area is 172 Å². The summed E-state index contributed by atoms with van der Waals surface area (Å²) < 4.78 is 0. The van der Waals surface area contributed by atoms with Crippen LogP contribution in [0.3, 0.4) is 0 Å². The molecule has 0 unspecified atom stereocenters. The number of hydrogen-bond donors (Lipinski definition) is 1. The maximum atomic E-state index is 13.5. The van der Waals surface area contributed by atoms with Gasteiger partial charge in [-0.15, -0.1) is 0 Å². The molecule has 8 heteroatoms. The molecular formula is C21H31N5O3. The van der Waals surface area contributed by atoms with E-state index in [0.29, 0.717) is 32.6 Å². The van der Waals surface area contributed by atoms with Gasteiger partial charge < -0.3 is 24.9 Å². The van der Waals surface area contributed by atoms with Crippen molar-refractivity contribution < 1.29 is 14.4 Å². The Kier molecular flexibility index (Phi) is 6.00. The number of rotatable bonds is 4. The van der Waals surface area contributed by atoms with Crippen LogP contribution in [0.5, 0.6) is 0 Å². The first-order chi connectivity index (χ1) is 13.7. The van der Waals surface area contributed by atoms with Crippen molar-refractivity contribution in [2.24, 2.45) is 0 Å². The molecule has 4 amide bonds. The van der Waals surface area contributed by atoms with E-state index >= 15 is 0 Å². The van der Waals surface area contributed by atoms with Crippen molar-refractivity contribution in [2.45, 2.75) is 38.3 Å². The predicted octanol–water partition coefficient (Wildman–Crippen LogP) is 1.33. The van der Waals surface area contributed by atoms with Crippen LogP contribution in [-0.2, 0) is 9.59 Å². The molecule has 1 aromatic carbocycles. The number of benzene rings is 1. The number of amides is 4. The van der Waals surface area contributed by atoms with Gasteiger partial charge in [0.2, 0.25) is 5.91 Å². The zero-order valence-corrected chi connectivity index (χ0v) is 17.7. The number of urea groups is 1. The van der Waals surface area contributed by atoms with E-state index in [2.05, 4.69) is 10.2 Å². The summed E-state index contributed by atoms with van der Waals surface area (Å²) in [5.74, 6) is -0.184. The number of hydrogen-bond acceptors (Lipinski definition) is 4. The zero-order chi connectivity index (χ0) is 21.2. The molecule has 2 heterocycles. The van der Waals surface area contributed by atoms with Gasteiger partial charge in [0.1, 0.15) is 12.1 Å². The molecule has 0 bridgehead atoms. The van der Waals surface area contributed by atoms with Gasteiger partial charge in [0, 0.05) is 38.9 Å². The summed E-state index contributed by atoms with van der Waals surface area (Å²) in [6.45, 7) is 5.24. The first kappa shape index (κ1) is 21.0. The molecule has 8 nitrogen and oxygen atoms in total. The molecule has 2 fully saturated rings. The van der Waals surface area contributed by atoms with Crippen molar-refractivity contribution in [3.63, 3.8) is 0 Å². The first-order valence-corrected chi connectivity index (χ1v) is 10.1. The lowest BCUT2D eigenvalue weighted by Gasteiger charge is -2.43. The molecule has 0 atom stereocenters. The number of carbonyl (C=O) groups is 3. The monoisotopic (exact) mass is 401 g/mol. The smallest absolute Gasteiger partial charge is 0.319 e. The molecule has 2 aliphatic heterocycles. The highest BCUT2D eigenvalue weighted by atomic mass is 16.2. The van der Waals surface area contributed by atoms with Crippen molar-refractivity contribution in [1.29, 1.82) is 0 Å². The lowest BCUT2D eigenvalue weighted by molar-refractivity contribution is -0.137. The number of para-hydroxylation sites is 1. The molecule has 1 aromatic rings. The summed E-state index contributed by atoms with van der Waals surface area (Å²) in [7, 11) is 3.47. The van der Waals surface area contributed by atoms with Gasteiger partial charge in [-0.25, -0.2) is 4.79 Å². The maximum Gasteiger partial charge on any atom is 0.319 e. The van der Waals surface area contributed by atoms with E-state index in [1.54, 1.807) is 28.8 Å². The molecule has 0 radical (unpaired) electrons. The fourth-order valence-electron chi connectivity index (χ4n) is 4.21. The standard InChI is InChI=1S/C21H31N5O3/c1-16(2)22-18(27)14-25-15-26(17-8-6-5-7-9-17)21(19(25)28)10-12-24(13-11-21)20(29)23(3)4/h5-9,16H,10-15H2,1-4H3,(H,22,27). The van der Waals surface area contributed by atoms with Crippen LogP contribution in [0.1, 0.15) is 26.7 Å². The Morgan fingerprint density at radius 1 is 1.14 bits per heavy atom. The second kappa shape index (κ2) is 8.31. The van der Waals surface area contributed by atoms with Crippen LogP contribution in [0.4, 0.5) is 10.5 Å². The summed E-state index contributed by atoms with van der Waals surface area (Å²) in [4.78, 5) is 45.2. The number of nitrogens with zero attached hydrogens (tertiary/aromatic N) is 4. The third-order valence-electron chi connectivity index (χ3n) is 5.61. The van der Waals surface area contributed by atoms with E-state index in [1.165, 1.54) is 0 Å². The summed E-state index contributed by atoms with van der Waals surface area (Å²) in [5.41, 5.74) is 0.239. The average molecular weight is 402 g/mol. The van der Waals surface area contributed by atoms with Crippen molar-refractivity contribution in [2.75, 3.05) is 45.3 Å². The highest BCUT2D eigenvalue weighted by Crippen LogP contribution is 2.39. The van der Waals surface area contributed by atoms with Gasteiger partial charge in [0.25, 0.3) is 5.91 Å². The minimum Gasteiger partial charge on any atom is -0.352 e.